The van der Waals surface area contributed by atoms with Crippen LogP contribution >= 0.6 is 31.9 Å². The van der Waals surface area contributed by atoms with Crippen LogP contribution in [0.25, 0.3) is 0 Å². The first-order chi connectivity index (χ1) is 9.95. The van der Waals surface area contributed by atoms with E-state index in [0.717, 1.165) is 4.47 Å². The summed E-state index contributed by atoms with van der Waals surface area (Å²) in [6.45, 7) is 0.145. The molecule has 0 spiro atoms. The Balaban J connectivity index is 1.94. The van der Waals surface area contributed by atoms with Gasteiger partial charge in [-0.05, 0) is 45.8 Å². The molecule has 21 heavy (non-hydrogen) atoms. The molecule has 1 aromatic carbocycles. The van der Waals surface area contributed by atoms with Crippen LogP contribution in [0, 0.1) is 0 Å². The normalized spacial score (nSPS) is 13.4. The van der Waals surface area contributed by atoms with Crippen molar-refractivity contribution in [1.82, 2.24) is 4.98 Å². The lowest BCUT2D eigenvalue weighted by Crippen LogP contribution is -2.07. The summed E-state index contributed by atoms with van der Waals surface area (Å²) >= 11 is 6.59. The maximum absolute atomic E-state index is 12.4. The monoisotopic (exact) mass is 433 g/mol. The van der Waals surface area contributed by atoms with Crippen molar-refractivity contribution in [2.45, 2.75) is 10.8 Å². The second-order valence-electron chi connectivity index (χ2n) is 4.37. The average Bonchev–Trinajstić information content (AvgIpc) is 2.86. The number of fused-ring (bicyclic) bond motifs is 1. The van der Waals surface area contributed by atoms with Gasteiger partial charge < -0.3 is 9.47 Å². The van der Waals surface area contributed by atoms with E-state index in [2.05, 4.69) is 36.8 Å². The van der Waals surface area contributed by atoms with Crippen LogP contribution in [-0.4, -0.2) is 20.2 Å². The minimum atomic E-state index is -3.53. The number of hydrogen-bond acceptors (Lipinski definition) is 5. The molecule has 1 aliphatic heterocycles. The first kappa shape index (κ1) is 14.8. The highest BCUT2D eigenvalue weighted by atomic mass is 79.9. The number of nitrogens with zero attached hydrogens (tertiary/aromatic N) is 1. The quantitative estimate of drug-likeness (QED) is 0.741. The predicted octanol–water partition coefficient (Wildman–Crippen LogP) is 3.31. The lowest BCUT2D eigenvalue weighted by atomic mass is 10.2. The number of sulfone groups is 1. The van der Waals surface area contributed by atoms with Gasteiger partial charge in [-0.1, -0.05) is 15.9 Å². The van der Waals surface area contributed by atoms with Gasteiger partial charge in [-0.15, -0.1) is 0 Å². The van der Waals surface area contributed by atoms with E-state index in [0.29, 0.717) is 21.5 Å². The summed E-state index contributed by atoms with van der Waals surface area (Å²) in [7, 11) is -3.53. The van der Waals surface area contributed by atoms with Crippen LogP contribution in [0.5, 0.6) is 11.5 Å². The van der Waals surface area contributed by atoms with E-state index < -0.39 is 9.84 Å². The Morgan fingerprint density at radius 2 is 1.86 bits per heavy atom. The first-order valence-electron chi connectivity index (χ1n) is 5.88. The molecule has 5 nitrogen and oxygen atoms in total. The van der Waals surface area contributed by atoms with Gasteiger partial charge in [0.05, 0.1) is 5.75 Å². The Hall–Kier alpha value is -1.12. The van der Waals surface area contributed by atoms with Gasteiger partial charge in [0.1, 0.15) is 0 Å². The molecule has 0 unspecified atom stereocenters. The fourth-order valence-corrected chi connectivity index (χ4v) is 4.06. The van der Waals surface area contributed by atoms with Gasteiger partial charge in [0.15, 0.2) is 26.4 Å². The van der Waals surface area contributed by atoms with Gasteiger partial charge in [-0.3, -0.25) is 0 Å². The Morgan fingerprint density at radius 1 is 1.14 bits per heavy atom. The molecule has 3 rings (SSSR count). The molecule has 2 aromatic rings. The van der Waals surface area contributed by atoms with E-state index in [1.807, 2.05) is 0 Å². The lowest BCUT2D eigenvalue weighted by molar-refractivity contribution is 0.174. The summed E-state index contributed by atoms with van der Waals surface area (Å²) in [6, 6.07) is 6.50. The molecule has 0 bridgehead atoms. The molecule has 2 heterocycles. The zero-order valence-corrected chi connectivity index (χ0v) is 14.5. The fourth-order valence-electron chi connectivity index (χ4n) is 1.89. The van der Waals surface area contributed by atoms with Crippen LogP contribution in [0.15, 0.2) is 44.4 Å². The Morgan fingerprint density at radius 3 is 2.52 bits per heavy atom. The van der Waals surface area contributed by atoms with E-state index in [9.17, 15) is 8.42 Å². The third kappa shape index (κ3) is 3.07. The van der Waals surface area contributed by atoms with E-state index in [-0.39, 0.29) is 17.6 Å². The van der Waals surface area contributed by atoms with Crippen molar-refractivity contribution in [3.63, 3.8) is 0 Å². The highest BCUT2D eigenvalue weighted by molar-refractivity contribution is 9.10. The van der Waals surface area contributed by atoms with Crippen LogP contribution in [0.2, 0.25) is 0 Å². The van der Waals surface area contributed by atoms with E-state index in [1.165, 1.54) is 12.3 Å². The molecule has 0 saturated carbocycles. The smallest absolute Gasteiger partial charge is 0.231 e. The Labute approximate surface area is 138 Å². The Bertz CT molecular complexity index is 791. The summed E-state index contributed by atoms with van der Waals surface area (Å²) in [5.41, 5.74) is 0.601. The topological polar surface area (TPSA) is 65.5 Å². The number of aromatic nitrogens is 1. The fraction of sp³-hybridized carbons (Fsp3) is 0.154. The van der Waals surface area contributed by atoms with E-state index >= 15 is 0 Å². The van der Waals surface area contributed by atoms with Crippen LogP contribution < -0.4 is 9.47 Å². The molecule has 0 fully saturated rings. The summed E-state index contributed by atoms with van der Waals surface area (Å²) in [5, 5.41) is 0.0373. The average molecular weight is 435 g/mol. The second kappa shape index (κ2) is 5.58. The Kier molecular flexibility index (Phi) is 3.94. The van der Waals surface area contributed by atoms with Crippen molar-refractivity contribution in [2.24, 2.45) is 0 Å². The molecule has 1 aromatic heterocycles. The van der Waals surface area contributed by atoms with Gasteiger partial charge in [0.2, 0.25) is 6.79 Å². The minimum absolute atomic E-state index is 0.0373. The summed E-state index contributed by atoms with van der Waals surface area (Å²) < 4.78 is 36.7. The zero-order chi connectivity index (χ0) is 15.0. The van der Waals surface area contributed by atoms with Crippen molar-refractivity contribution in [1.29, 1.82) is 0 Å². The third-order valence-electron chi connectivity index (χ3n) is 2.91. The molecular weight excluding hydrogens is 426 g/mol. The number of ether oxygens (including phenoxy) is 2. The van der Waals surface area contributed by atoms with E-state index in [1.54, 1.807) is 18.2 Å². The number of benzene rings is 1. The summed E-state index contributed by atoms with van der Waals surface area (Å²) in [4.78, 5) is 3.94. The van der Waals surface area contributed by atoms with Crippen molar-refractivity contribution < 1.29 is 17.9 Å². The maximum atomic E-state index is 12.4. The standard InChI is InChI=1S/C13H9Br2NO4S/c14-9-1-2-13(16-5-9)21(17,18)6-8-3-11-12(4-10(8)15)20-7-19-11/h1-5H,6-7H2. The highest BCUT2D eigenvalue weighted by Crippen LogP contribution is 2.37. The summed E-state index contributed by atoms with van der Waals surface area (Å²) in [6.07, 6.45) is 1.46. The molecule has 0 atom stereocenters. The molecule has 0 aliphatic carbocycles. The first-order valence-corrected chi connectivity index (χ1v) is 9.12. The SMILES string of the molecule is O=S(=O)(Cc1cc2c(cc1Br)OCO2)c1ccc(Br)cn1. The van der Waals surface area contributed by atoms with Crippen LogP contribution in [0.1, 0.15) is 5.56 Å². The third-order valence-corrected chi connectivity index (χ3v) is 5.68. The van der Waals surface area contributed by atoms with Crippen molar-refractivity contribution >= 4 is 41.7 Å². The maximum Gasteiger partial charge on any atom is 0.231 e. The van der Waals surface area contributed by atoms with Crippen molar-refractivity contribution in [3.8, 4) is 11.5 Å². The van der Waals surface area contributed by atoms with Crippen LogP contribution in [-0.2, 0) is 15.6 Å². The van der Waals surface area contributed by atoms with Crippen LogP contribution in [0.4, 0.5) is 0 Å². The van der Waals surface area contributed by atoms with Gasteiger partial charge in [-0.25, -0.2) is 13.4 Å². The molecule has 8 heteroatoms. The summed E-state index contributed by atoms with van der Waals surface area (Å²) in [5.74, 6) is 0.982. The van der Waals surface area contributed by atoms with Gasteiger partial charge in [0.25, 0.3) is 0 Å². The molecule has 0 radical (unpaired) electrons. The molecule has 110 valence electrons. The number of pyridine rings is 1. The molecule has 0 amide bonds. The molecule has 0 saturated heterocycles. The number of rotatable bonds is 3. The van der Waals surface area contributed by atoms with Gasteiger partial charge in [-0.2, -0.15) is 0 Å². The van der Waals surface area contributed by atoms with Crippen LogP contribution in [0.3, 0.4) is 0 Å². The molecular formula is C13H9Br2NO4S. The predicted molar refractivity (Wildman–Crippen MR) is 83.1 cm³/mol. The number of hydrogen-bond donors (Lipinski definition) is 0. The van der Waals surface area contributed by atoms with Crippen molar-refractivity contribution in [2.75, 3.05) is 6.79 Å². The number of halogens is 2. The second-order valence-corrected chi connectivity index (χ2v) is 8.08. The van der Waals surface area contributed by atoms with Crippen molar-refractivity contribution in [3.05, 3.63) is 45.0 Å². The van der Waals surface area contributed by atoms with E-state index in [4.69, 9.17) is 9.47 Å². The highest BCUT2D eigenvalue weighted by Gasteiger charge is 2.22. The van der Waals surface area contributed by atoms with Gasteiger partial charge >= 0.3 is 0 Å². The molecule has 1 aliphatic rings. The largest absolute Gasteiger partial charge is 0.454 e. The lowest BCUT2D eigenvalue weighted by Gasteiger charge is -2.07. The molecule has 0 N–H and O–H groups in total. The minimum Gasteiger partial charge on any atom is -0.454 e. The zero-order valence-electron chi connectivity index (χ0n) is 10.5. The van der Waals surface area contributed by atoms with Gasteiger partial charge in [0, 0.05) is 15.1 Å².